The van der Waals surface area contributed by atoms with Crippen LogP contribution in [0.25, 0.3) is 10.8 Å². The molecule has 0 amide bonds. The zero-order chi connectivity index (χ0) is 9.26. The second-order valence-electron chi connectivity index (χ2n) is 3.22. The topological polar surface area (TPSA) is 0 Å². The summed E-state index contributed by atoms with van der Waals surface area (Å²) in [5, 5.41) is 2.84. The van der Waals surface area contributed by atoms with Gasteiger partial charge in [0.15, 0.2) is 0 Å². The molecule has 0 saturated heterocycles. The minimum absolute atomic E-state index is 0.0895. The Balaban J connectivity index is 2.84. The molecule has 2 aromatic rings. The fourth-order valence-electron chi connectivity index (χ4n) is 1.62. The summed E-state index contributed by atoms with van der Waals surface area (Å²) < 4.78 is 1.61. The Hall–Kier alpha value is 0.196. The molecule has 0 heterocycles. The highest BCUT2D eigenvalue weighted by molar-refractivity contribution is 14.1. The van der Waals surface area contributed by atoms with E-state index in [0.717, 1.165) is 0 Å². The lowest BCUT2D eigenvalue weighted by Crippen LogP contribution is -2.13. The molecule has 0 aliphatic carbocycles. The summed E-state index contributed by atoms with van der Waals surface area (Å²) in [6.45, 7) is 2.22. The van der Waals surface area contributed by atoms with Crippen molar-refractivity contribution in [3.63, 3.8) is 0 Å². The summed E-state index contributed by atoms with van der Waals surface area (Å²) in [5.41, 5.74) is 1.46. The minimum atomic E-state index is -0.0895. The lowest BCUT2D eigenvalue weighted by atomic mass is 10.1. The van der Waals surface area contributed by atoms with E-state index < -0.39 is 0 Å². The average molecular weight is 292 g/mol. The maximum atomic E-state index is 2.57. The lowest BCUT2D eigenvalue weighted by Gasteiger charge is -2.07. The summed E-state index contributed by atoms with van der Waals surface area (Å²) in [6.07, 6.45) is 0. The van der Waals surface area contributed by atoms with Crippen LogP contribution in [0.5, 0.6) is 0 Å². The van der Waals surface area contributed by atoms with Gasteiger partial charge in [-0.05, 0) is 17.7 Å². The largest absolute Gasteiger partial charge is 0.503 e. The zero-order valence-electron chi connectivity index (χ0n) is 7.55. The number of benzene rings is 2. The normalized spacial score (nSPS) is 10.0. The first-order chi connectivity index (χ1) is 6.33. The lowest BCUT2D eigenvalue weighted by molar-refractivity contribution is 1.54. The third kappa shape index (κ3) is 1.85. The predicted octanol–water partition coefficient (Wildman–Crippen LogP) is 2.83. The van der Waals surface area contributed by atoms with Crippen LogP contribution in [0.2, 0.25) is 0 Å². The standard InChI is InChI=1S/C11H9.HI.Mg/c1-9-6-7-10-4-2-3-5-11(10)8-9;;/h2-7H,1H3;1H;/q;;+1/p-1. The molecule has 13 heavy (non-hydrogen) atoms. The zero-order valence-corrected chi connectivity index (χ0v) is 11.1. The Morgan fingerprint density at radius 2 is 1.85 bits per heavy atom. The quantitative estimate of drug-likeness (QED) is 0.560. The Morgan fingerprint density at radius 1 is 1.08 bits per heavy atom. The van der Waals surface area contributed by atoms with E-state index in [9.17, 15) is 0 Å². The minimum Gasteiger partial charge on any atom is -0.291 e. The summed E-state index contributed by atoms with van der Waals surface area (Å²) in [4.78, 5) is 0. The van der Waals surface area contributed by atoms with Crippen molar-refractivity contribution in [2.45, 2.75) is 6.92 Å². The first kappa shape index (κ1) is 9.74. The van der Waals surface area contributed by atoms with Gasteiger partial charge >= 0.3 is 16.5 Å². The SMILES string of the molecule is Cc1ccc2ccccc2[c]1[Mg][I]. The maximum absolute atomic E-state index is 2.57. The average Bonchev–Trinajstić information content (AvgIpc) is 2.18. The van der Waals surface area contributed by atoms with E-state index in [2.05, 4.69) is 62.2 Å². The summed E-state index contributed by atoms with van der Waals surface area (Å²) in [7, 11) is 0. The number of fused-ring (bicyclic) bond motifs is 1. The van der Waals surface area contributed by atoms with E-state index in [4.69, 9.17) is 0 Å². The fourth-order valence-corrected chi connectivity index (χ4v) is 5.45. The van der Waals surface area contributed by atoms with Gasteiger partial charge in [-0.3, -0.25) is 18.9 Å². The fraction of sp³-hybridized carbons (Fsp3) is 0.0909. The van der Waals surface area contributed by atoms with Crippen LogP contribution >= 0.6 is 18.9 Å². The molecular weight excluding hydrogens is 283 g/mol. The van der Waals surface area contributed by atoms with Crippen LogP contribution in [-0.4, -0.2) is 16.5 Å². The van der Waals surface area contributed by atoms with E-state index >= 15 is 0 Å². The monoisotopic (exact) mass is 292 g/mol. The molecule has 0 bridgehead atoms. The molecule has 0 spiro atoms. The van der Waals surface area contributed by atoms with Gasteiger partial charge in [-0.1, -0.05) is 42.0 Å². The smallest absolute Gasteiger partial charge is 0.291 e. The summed E-state index contributed by atoms with van der Waals surface area (Å²) >= 11 is 2.48. The van der Waals surface area contributed by atoms with Gasteiger partial charge in [-0.25, -0.2) is 0 Å². The Morgan fingerprint density at radius 3 is 2.62 bits per heavy atom. The van der Waals surface area contributed by atoms with E-state index in [1.165, 1.54) is 16.3 Å². The van der Waals surface area contributed by atoms with E-state index in [1.807, 2.05) is 0 Å². The third-order valence-corrected chi connectivity index (χ3v) is 5.90. The number of aryl methyl sites for hydroxylation is 1. The second kappa shape index (κ2) is 4.15. The van der Waals surface area contributed by atoms with Crippen LogP contribution in [0.15, 0.2) is 36.4 Å². The Bertz CT molecular complexity index is 437. The van der Waals surface area contributed by atoms with Gasteiger partial charge in [-0.15, -0.1) is 3.69 Å². The van der Waals surface area contributed by atoms with Crippen LogP contribution in [0, 0.1) is 6.92 Å². The molecule has 2 rings (SSSR count). The molecule has 2 heteroatoms. The molecule has 0 aliphatic heterocycles. The molecule has 0 radical (unpaired) electrons. The molecule has 62 valence electrons. The molecule has 0 atom stereocenters. The van der Waals surface area contributed by atoms with Crippen molar-refractivity contribution >= 4 is 49.8 Å². The third-order valence-electron chi connectivity index (χ3n) is 2.41. The van der Waals surface area contributed by atoms with E-state index in [-0.39, 0.29) is 16.5 Å². The molecule has 0 saturated carbocycles. The van der Waals surface area contributed by atoms with Gasteiger partial charge in [0, 0.05) is 0 Å². The molecular formula is C11H9IMg. The Kier molecular flexibility index (Phi) is 3.11. The first-order valence-corrected chi connectivity index (χ1v) is 10.2. The molecule has 0 unspecified atom stereocenters. The van der Waals surface area contributed by atoms with Crippen LogP contribution in [0.3, 0.4) is 0 Å². The van der Waals surface area contributed by atoms with Crippen molar-refractivity contribution in [1.29, 1.82) is 0 Å². The highest BCUT2D eigenvalue weighted by Crippen LogP contribution is 2.13. The Labute approximate surface area is 97.8 Å². The van der Waals surface area contributed by atoms with Crippen LogP contribution in [-0.2, 0) is 0 Å². The van der Waals surface area contributed by atoms with Crippen molar-refractivity contribution in [2.24, 2.45) is 0 Å². The van der Waals surface area contributed by atoms with Gasteiger partial charge in [0.2, 0.25) is 0 Å². The van der Waals surface area contributed by atoms with Gasteiger partial charge in [0.25, 0.3) is 0 Å². The summed E-state index contributed by atoms with van der Waals surface area (Å²) in [6, 6.07) is 13.1. The number of rotatable bonds is 1. The maximum Gasteiger partial charge on any atom is 0.503 e. The van der Waals surface area contributed by atoms with Crippen molar-refractivity contribution < 1.29 is 0 Å². The van der Waals surface area contributed by atoms with Gasteiger partial charge in [0.1, 0.15) is 0 Å². The molecule has 0 aliphatic rings. The van der Waals surface area contributed by atoms with Crippen molar-refractivity contribution in [3.05, 3.63) is 42.0 Å². The van der Waals surface area contributed by atoms with Crippen molar-refractivity contribution in [1.82, 2.24) is 0 Å². The van der Waals surface area contributed by atoms with Gasteiger partial charge in [0.05, 0.1) is 0 Å². The van der Waals surface area contributed by atoms with Crippen LogP contribution in [0.1, 0.15) is 5.56 Å². The molecule has 0 nitrogen and oxygen atoms in total. The second-order valence-corrected chi connectivity index (χ2v) is 6.48. The van der Waals surface area contributed by atoms with Gasteiger partial charge < -0.3 is 0 Å². The first-order valence-electron chi connectivity index (χ1n) is 4.36. The van der Waals surface area contributed by atoms with E-state index in [0.29, 0.717) is 0 Å². The number of halogens is 1. The van der Waals surface area contributed by atoms with Gasteiger partial charge in [-0.2, -0.15) is 0 Å². The molecule has 0 N–H and O–H groups in total. The summed E-state index contributed by atoms with van der Waals surface area (Å²) in [5.74, 6) is 0. The highest BCUT2D eigenvalue weighted by Gasteiger charge is 2.03. The number of hydrogen-bond donors (Lipinski definition) is 0. The highest BCUT2D eigenvalue weighted by atomic mass is 127. The predicted molar refractivity (Wildman–Crippen MR) is 68.1 cm³/mol. The van der Waals surface area contributed by atoms with Crippen LogP contribution in [0.4, 0.5) is 0 Å². The molecule has 0 fully saturated rings. The van der Waals surface area contributed by atoms with Crippen molar-refractivity contribution in [3.8, 4) is 0 Å². The van der Waals surface area contributed by atoms with Crippen LogP contribution < -0.4 is 3.69 Å². The van der Waals surface area contributed by atoms with E-state index in [1.54, 1.807) is 3.69 Å². The molecule has 2 aromatic carbocycles. The van der Waals surface area contributed by atoms with Crippen molar-refractivity contribution in [2.75, 3.05) is 0 Å². The number of hydrogen-bond acceptors (Lipinski definition) is 0. The molecule has 0 aromatic heterocycles.